The van der Waals surface area contributed by atoms with Gasteiger partial charge in [0, 0.05) is 24.8 Å². The fourth-order valence-electron chi connectivity index (χ4n) is 2.69. The first-order valence-corrected chi connectivity index (χ1v) is 8.24. The number of nitrogens with one attached hydrogen (secondary N) is 1. The molecule has 0 radical (unpaired) electrons. The van der Waals surface area contributed by atoms with E-state index in [0.717, 1.165) is 5.82 Å². The number of furan rings is 1. The number of carbonyl (C=O) groups is 2. The number of aromatic nitrogens is 2. The number of nitrogens with two attached hydrogens (primary N) is 1. The Morgan fingerprint density at radius 1 is 1.44 bits per heavy atom. The van der Waals surface area contributed by atoms with Crippen molar-refractivity contribution in [1.82, 2.24) is 14.9 Å². The minimum atomic E-state index is -1.18. The Morgan fingerprint density at radius 3 is 2.85 bits per heavy atom. The molecular weight excluding hydrogens is 352 g/mol. The van der Waals surface area contributed by atoms with Crippen molar-refractivity contribution in [2.24, 2.45) is 12.8 Å². The molecule has 142 valence electrons. The van der Waals surface area contributed by atoms with Gasteiger partial charge < -0.3 is 29.9 Å². The third kappa shape index (κ3) is 3.77. The Morgan fingerprint density at radius 2 is 2.22 bits per heavy atom. The molecule has 2 amide bonds. The fourth-order valence-corrected chi connectivity index (χ4v) is 2.69. The van der Waals surface area contributed by atoms with Crippen molar-refractivity contribution in [3.8, 4) is 5.75 Å². The number of benzene rings is 1. The van der Waals surface area contributed by atoms with Gasteiger partial charge in [-0.15, -0.1) is 0 Å². The number of aliphatic hydroxyl groups excluding tert-OH is 1. The van der Waals surface area contributed by atoms with Crippen molar-refractivity contribution in [3.05, 3.63) is 47.7 Å². The SMILES string of the molecule is Cc1oc2ccc(OCc3nccn3C)cc2c1C(=O)N[C@@H](CO)C(N)=O. The first-order valence-electron chi connectivity index (χ1n) is 8.24. The number of primary amides is 1. The van der Waals surface area contributed by atoms with Crippen LogP contribution in [0.25, 0.3) is 11.0 Å². The molecule has 0 unspecified atom stereocenters. The highest BCUT2D eigenvalue weighted by atomic mass is 16.5. The van der Waals surface area contributed by atoms with Crippen molar-refractivity contribution in [3.63, 3.8) is 0 Å². The van der Waals surface area contributed by atoms with E-state index >= 15 is 0 Å². The maximum absolute atomic E-state index is 12.6. The van der Waals surface area contributed by atoms with E-state index in [9.17, 15) is 14.7 Å². The summed E-state index contributed by atoms with van der Waals surface area (Å²) in [6, 6.07) is 3.94. The van der Waals surface area contributed by atoms with Crippen LogP contribution in [0.3, 0.4) is 0 Å². The molecule has 0 saturated heterocycles. The molecule has 1 aromatic carbocycles. The van der Waals surface area contributed by atoms with Crippen LogP contribution in [0.2, 0.25) is 0 Å². The number of fused-ring (bicyclic) bond motifs is 1. The monoisotopic (exact) mass is 372 g/mol. The molecule has 9 heteroatoms. The summed E-state index contributed by atoms with van der Waals surface area (Å²) in [5.41, 5.74) is 5.91. The third-order valence-corrected chi connectivity index (χ3v) is 4.18. The zero-order valence-corrected chi connectivity index (χ0v) is 14.9. The molecule has 0 aliphatic rings. The van der Waals surface area contributed by atoms with E-state index in [1.165, 1.54) is 0 Å². The van der Waals surface area contributed by atoms with Gasteiger partial charge in [-0.2, -0.15) is 0 Å². The Labute approximate surface area is 154 Å². The zero-order valence-electron chi connectivity index (χ0n) is 14.9. The summed E-state index contributed by atoms with van der Waals surface area (Å²) >= 11 is 0. The van der Waals surface area contributed by atoms with Crippen LogP contribution in [-0.2, 0) is 18.4 Å². The van der Waals surface area contributed by atoms with Crippen LogP contribution in [0.4, 0.5) is 0 Å². The molecule has 9 nitrogen and oxygen atoms in total. The number of aryl methyl sites for hydroxylation is 2. The average molecular weight is 372 g/mol. The number of hydrogen-bond donors (Lipinski definition) is 3. The lowest BCUT2D eigenvalue weighted by Crippen LogP contribution is -2.46. The second kappa shape index (κ2) is 7.50. The average Bonchev–Trinajstić information content (AvgIpc) is 3.18. The molecule has 27 heavy (non-hydrogen) atoms. The first kappa shape index (κ1) is 18.5. The van der Waals surface area contributed by atoms with Gasteiger partial charge in [0.05, 0.1) is 12.2 Å². The van der Waals surface area contributed by atoms with Crippen molar-refractivity contribution in [2.45, 2.75) is 19.6 Å². The van der Waals surface area contributed by atoms with E-state index in [2.05, 4.69) is 10.3 Å². The van der Waals surface area contributed by atoms with Crippen molar-refractivity contribution in [1.29, 1.82) is 0 Å². The lowest BCUT2D eigenvalue weighted by atomic mass is 10.1. The van der Waals surface area contributed by atoms with E-state index < -0.39 is 24.5 Å². The first-order chi connectivity index (χ1) is 12.9. The van der Waals surface area contributed by atoms with Gasteiger partial charge in [0.2, 0.25) is 5.91 Å². The highest BCUT2D eigenvalue weighted by Crippen LogP contribution is 2.29. The molecule has 0 fully saturated rings. The molecule has 1 atom stereocenters. The molecular formula is C18H20N4O5. The summed E-state index contributed by atoms with van der Waals surface area (Å²) in [5.74, 6) is 0.281. The van der Waals surface area contributed by atoms with Crippen LogP contribution in [0.1, 0.15) is 21.9 Å². The summed E-state index contributed by atoms with van der Waals surface area (Å²) in [6.07, 6.45) is 3.50. The number of imidazole rings is 1. The summed E-state index contributed by atoms with van der Waals surface area (Å²) in [4.78, 5) is 28.0. The van der Waals surface area contributed by atoms with Gasteiger partial charge in [-0.3, -0.25) is 9.59 Å². The number of nitrogens with zero attached hydrogens (tertiary/aromatic N) is 2. The second-order valence-electron chi connectivity index (χ2n) is 6.05. The predicted molar refractivity (Wildman–Crippen MR) is 96.0 cm³/mol. The molecule has 2 heterocycles. The number of rotatable bonds is 7. The van der Waals surface area contributed by atoms with Crippen LogP contribution in [0, 0.1) is 6.92 Å². The van der Waals surface area contributed by atoms with Crippen LogP contribution in [-0.4, -0.2) is 39.1 Å². The van der Waals surface area contributed by atoms with Gasteiger partial charge in [0.15, 0.2) is 0 Å². The maximum atomic E-state index is 12.6. The number of amides is 2. The number of aliphatic hydroxyl groups is 1. The molecule has 4 N–H and O–H groups in total. The Kier molecular flexibility index (Phi) is 5.13. The zero-order chi connectivity index (χ0) is 19.6. The number of ether oxygens (including phenoxy) is 1. The highest BCUT2D eigenvalue weighted by Gasteiger charge is 2.23. The van der Waals surface area contributed by atoms with Crippen LogP contribution >= 0.6 is 0 Å². The van der Waals surface area contributed by atoms with E-state index in [1.54, 1.807) is 31.3 Å². The van der Waals surface area contributed by atoms with Gasteiger partial charge in [-0.1, -0.05) is 0 Å². The van der Waals surface area contributed by atoms with Crippen molar-refractivity contribution >= 4 is 22.8 Å². The van der Waals surface area contributed by atoms with Crippen LogP contribution in [0.15, 0.2) is 35.0 Å². The molecule has 0 aliphatic heterocycles. The van der Waals surface area contributed by atoms with Gasteiger partial charge in [0.25, 0.3) is 5.91 Å². The molecule has 2 aromatic heterocycles. The summed E-state index contributed by atoms with van der Waals surface area (Å²) in [5, 5.41) is 12.1. The smallest absolute Gasteiger partial charge is 0.256 e. The lowest BCUT2D eigenvalue weighted by molar-refractivity contribution is -0.120. The quantitative estimate of drug-likeness (QED) is 0.557. The van der Waals surface area contributed by atoms with E-state index in [-0.39, 0.29) is 12.2 Å². The summed E-state index contributed by atoms with van der Waals surface area (Å²) < 4.78 is 13.2. The second-order valence-corrected chi connectivity index (χ2v) is 6.05. The molecule has 0 aliphatic carbocycles. The highest BCUT2D eigenvalue weighted by molar-refractivity contribution is 6.08. The van der Waals surface area contributed by atoms with Crippen LogP contribution < -0.4 is 15.8 Å². The van der Waals surface area contributed by atoms with Gasteiger partial charge in [0.1, 0.15) is 35.6 Å². The largest absolute Gasteiger partial charge is 0.486 e. The van der Waals surface area contributed by atoms with Gasteiger partial charge in [-0.25, -0.2) is 4.98 Å². The summed E-state index contributed by atoms with van der Waals surface area (Å²) in [7, 11) is 1.87. The molecule has 0 bridgehead atoms. The number of hydrogen-bond acceptors (Lipinski definition) is 6. The van der Waals surface area contributed by atoms with Gasteiger partial charge in [-0.05, 0) is 25.1 Å². The molecule has 3 aromatic rings. The van der Waals surface area contributed by atoms with E-state index in [0.29, 0.717) is 22.5 Å². The van der Waals surface area contributed by atoms with Crippen LogP contribution in [0.5, 0.6) is 5.75 Å². The minimum absolute atomic E-state index is 0.257. The molecule has 3 rings (SSSR count). The lowest BCUT2D eigenvalue weighted by Gasteiger charge is -2.12. The topological polar surface area (TPSA) is 133 Å². The molecule has 0 saturated carbocycles. The minimum Gasteiger partial charge on any atom is -0.486 e. The Hall–Kier alpha value is -3.33. The van der Waals surface area contributed by atoms with Crippen molar-refractivity contribution in [2.75, 3.05) is 6.61 Å². The van der Waals surface area contributed by atoms with E-state index in [4.69, 9.17) is 14.9 Å². The van der Waals surface area contributed by atoms with Gasteiger partial charge >= 0.3 is 0 Å². The molecule has 0 spiro atoms. The maximum Gasteiger partial charge on any atom is 0.256 e. The fraction of sp³-hybridized carbons (Fsp3) is 0.278. The number of carbonyl (C=O) groups excluding carboxylic acids is 2. The normalized spacial score (nSPS) is 12.1. The standard InChI is InChI=1S/C18H20N4O5/c1-10-16(18(25)21-13(8-23)17(19)24)12-7-11(3-4-14(12)27-10)26-9-15-20-5-6-22(15)2/h3-7,13,23H,8-9H2,1-2H3,(H2,19,24)(H,21,25)/t13-/m0/s1. The Bertz CT molecular complexity index is 991. The summed E-state index contributed by atoms with van der Waals surface area (Å²) in [6.45, 7) is 1.32. The Balaban J connectivity index is 1.87. The third-order valence-electron chi connectivity index (χ3n) is 4.18. The van der Waals surface area contributed by atoms with Crippen molar-refractivity contribution < 1.29 is 23.8 Å². The van der Waals surface area contributed by atoms with E-state index in [1.807, 2.05) is 17.8 Å². The predicted octanol–water partition coefficient (Wildman–Crippen LogP) is 0.630.